The molecular formula is C19H23N6O7P. The van der Waals surface area contributed by atoms with Crippen LogP contribution in [0.1, 0.15) is 19.6 Å². The first-order valence-corrected chi connectivity index (χ1v) is 11.6. The van der Waals surface area contributed by atoms with Gasteiger partial charge in [0, 0.05) is 6.42 Å². The number of benzene rings is 1. The molecule has 0 spiro atoms. The fourth-order valence-corrected chi connectivity index (χ4v) is 4.80. The molecule has 0 aliphatic carbocycles. The maximum Gasteiger partial charge on any atom is 0.459 e. The summed E-state index contributed by atoms with van der Waals surface area (Å²) in [6.07, 6.45) is 0.499. The molecule has 5 N–H and O–H groups in total. The molecule has 1 fully saturated rings. The number of rotatable bonds is 9. The van der Waals surface area contributed by atoms with Gasteiger partial charge in [0.15, 0.2) is 11.5 Å². The Morgan fingerprint density at radius 1 is 1.36 bits per heavy atom. The first-order chi connectivity index (χ1) is 15.8. The Bertz CT molecular complexity index is 1180. The molecule has 2 aromatic heterocycles. The molecule has 33 heavy (non-hydrogen) atoms. The molecule has 1 aromatic carbocycles. The number of aromatic nitrogens is 4. The van der Waals surface area contributed by atoms with Crippen molar-refractivity contribution in [3.05, 3.63) is 43.0 Å². The van der Waals surface area contributed by atoms with Gasteiger partial charge in [-0.05, 0) is 19.1 Å². The molecule has 0 amide bonds. The van der Waals surface area contributed by atoms with Crippen LogP contribution in [0.3, 0.4) is 0 Å². The summed E-state index contributed by atoms with van der Waals surface area (Å²) in [6.45, 7) is 0.978. The molecule has 0 bridgehead atoms. The average molecular weight is 478 g/mol. The highest BCUT2D eigenvalue weighted by atomic mass is 31.2. The van der Waals surface area contributed by atoms with Crippen molar-refractivity contribution in [2.75, 3.05) is 12.3 Å². The minimum Gasteiger partial charge on any atom is -0.480 e. The first-order valence-electron chi connectivity index (χ1n) is 10.0. The number of carboxylic acids is 1. The molecule has 1 aliphatic heterocycles. The Hall–Kier alpha value is -3.09. The van der Waals surface area contributed by atoms with Crippen LogP contribution in [0, 0.1) is 0 Å². The number of aliphatic hydroxyl groups excluding tert-OH is 1. The highest BCUT2D eigenvalue weighted by Crippen LogP contribution is 2.46. The van der Waals surface area contributed by atoms with E-state index in [0.29, 0.717) is 11.2 Å². The zero-order chi connectivity index (χ0) is 23.6. The number of fused-ring (bicyclic) bond motifs is 1. The predicted molar refractivity (Wildman–Crippen MR) is 115 cm³/mol. The lowest BCUT2D eigenvalue weighted by molar-refractivity contribution is -0.138. The number of nitrogens with one attached hydrogen (secondary N) is 1. The number of aliphatic hydroxyl groups is 1. The molecule has 13 nitrogen and oxygen atoms in total. The van der Waals surface area contributed by atoms with Crippen LogP contribution in [0.5, 0.6) is 5.75 Å². The van der Waals surface area contributed by atoms with Gasteiger partial charge in [0.1, 0.15) is 36.0 Å². The van der Waals surface area contributed by atoms with Gasteiger partial charge in [0.25, 0.3) is 0 Å². The number of carbonyl (C=O) groups is 1. The van der Waals surface area contributed by atoms with Gasteiger partial charge in [-0.2, -0.15) is 5.09 Å². The molecule has 5 atom stereocenters. The van der Waals surface area contributed by atoms with Crippen molar-refractivity contribution in [3.8, 4) is 5.75 Å². The summed E-state index contributed by atoms with van der Waals surface area (Å²) in [5.74, 6) is -0.797. The lowest BCUT2D eigenvalue weighted by atomic mass is 10.2. The Balaban J connectivity index is 1.47. The van der Waals surface area contributed by atoms with Crippen LogP contribution < -0.4 is 15.3 Å². The van der Waals surface area contributed by atoms with Gasteiger partial charge in [0.05, 0.1) is 19.0 Å². The number of para-hydroxylation sites is 1. The van der Waals surface area contributed by atoms with Crippen LogP contribution in [-0.2, 0) is 18.6 Å². The van der Waals surface area contributed by atoms with Crippen molar-refractivity contribution in [2.24, 2.45) is 0 Å². The Morgan fingerprint density at radius 3 is 2.85 bits per heavy atom. The number of hydrogen-bond acceptors (Lipinski definition) is 10. The second-order valence-corrected chi connectivity index (χ2v) is 9.10. The number of hydrogen-bond donors (Lipinski definition) is 4. The summed E-state index contributed by atoms with van der Waals surface area (Å²) >= 11 is 0. The second kappa shape index (κ2) is 9.41. The van der Waals surface area contributed by atoms with E-state index in [0.717, 1.165) is 0 Å². The number of nitrogens with zero attached hydrogens (tertiary/aromatic N) is 4. The highest BCUT2D eigenvalue weighted by molar-refractivity contribution is 7.52. The van der Waals surface area contributed by atoms with E-state index in [2.05, 4.69) is 20.0 Å². The zero-order valence-corrected chi connectivity index (χ0v) is 18.4. The molecule has 0 saturated carbocycles. The van der Waals surface area contributed by atoms with Crippen LogP contribution in [0.15, 0.2) is 43.0 Å². The lowest BCUT2D eigenvalue weighted by Gasteiger charge is -2.24. The van der Waals surface area contributed by atoms with Gasteiger partial charge in [-0.1, -0.05) is 18.2 Å². The smallest absolute Gasteiger partial charge is 0.459 e. The monoisotopic (exact) mass is 478 g/mol. The standard InChI is InChI=1S/C19H23N6O7P/c1-11(19(27)28)24-33(29,32-12-5-3-2-4-6-12)30-8-14-13(26)7-15(31-14)25-10-23-16-17(20)21-9-22-18(16)25/h2-6,9-11,13-15,26H,7-8H2,1H3,(H,24,29)(H,27,28)(H2,20,21,22)/t11-,13+,14-,15-,33?/m0/s1. The Kier molecular flexibility index (Phi) is 6.58. The summed E-state index contributed by atoms with van der Waals surface area (Å²) < 4.78 is 31.7. The van der Waals surface area contributed by atoms with Gasteiger partial charge in [-0.15, -0.1) is 0 Å². The van der Waals surface area contributed by atoms with Gasteiger partial charge in [0.2, 0.25) is 0 Å². The summed E-state index contributed by atoms with van der Waals surface area (Å²) in [6, 6.07) is 6.97. The molecule has 0 radical (unpaired) electrons. The molecule has 4 rings (SSSR count). The van der Waals surface area contributed by atoms with Crippen LogP contribution >= 0.6 is 7.75 Å². The minimum absolute atomic E-state index is 0.187. The summed E-state index contributed by atoms with van der Waals surface area (Å²) in [5.41, 5.74) is 6.66. The number of nitrogens with two attached hydrogens (primary N) is 1. The first kappa shape index (κ1) is 23.1. The topological polar surface area (TPSA) is 184 Å². The van der Waals surface area contributed by atoms with Crippen molar-refractivity contribution >= 4 is 30.7 Å². The third-order valence-corrected chi connectivity index (χ3v) is 6.64. The minimum atomic E-state index is -4.13. The zero-order valence-electron chi connectivity index (χ0n) is 17.5. The fraction of sp³-hybridized carbons (Fsp3) is 0.368. The Morgan fingerprint density at radius 2 is 2.12 bits per heavy atom. The molecule has 1 unspecified atom stereocenters. The van der Waals surface area contributed by atoms with Crippen molar-refractivity contribution in [1.29, 1.82) is 0 Å². The number of nitrogen functional groups attached to an aromatic ring is 1. The highest BCUT2D eigenvalue weighted by Gasteiger charge is 2.39. The van der Waals surface area contributed by atoms with E-state index in [4.69, 9.17) is 19.5 Å². The third-order valence-electron chi connectivity index (χ3n) is 5.00. The maximum absolute atomic E-state index is 13.3. The molecule has 14 heteroatoms. The number of anilines is 1. The molecule has 176 valence electrons. The van der Waals surface area contributed by atoms with E-state index in [1.165, 1.54) is 19.6 Å². The van der Waals surface area contributed by atoms with Crippen molar-refractivity contribution in [2.45, 2.75) is 37.8 Å². The van der Waals surface area contributed by atoms with E-state index >= 15 is 0 Å². The quantitative estimate of drug-likeness (QED) is 0.324. The number of ether oxygens (including phenoxy) is 1. The van der Waals surface area contributed by atoms with E-state index < -0.39 is 38.2 Å². The number of carboxylic acid groups (broad SMARTS) is 1. The maximum atomic E-state index is 13.3. The molecule has 3 aromatic rings. The fourth-order valence-electron chi connectivity index (χ4n) is 3.29. The summed E-state index contributed by atoms with van der Waals surface area (Å²) in [5, 5.41) is 22.1. The van der Waals surface area contributed by atoms with Gasteiger partial charge in [-0.25, -0.2) is 19.5 Å². The largest absolute Gasteiger partial charge is 0.480 e. The molecule has 3 heterocycles. The average Bonchev–Trinajstić information content (AvgIpc) is 3.37. The van der Waals surface area contributed by atoms with Crippen molar-refractivity contribution < 1.29 is 33.4 Å². The second-order valence-electron chi connectivity index (χ2n) is 7.40. The molecule has 1 aliphatic rings. The Labute approximate surface area is 188 Å². The third kappa shape index (κ3) is 5.13. The van der Waals surface area contributed by atoms with Gasteiger partial charge < -0.3 is 25.2 Å². The molecular weight excluding hydrogens is 455 g/mol. The van der Waals surface area contributed by atoms with Crippen LogP contribution in [0.2, 0.25) is 0 Å². The van der Waals surface area contributed by atoms with Gasteiger partial charge in [-0.3, -0.25) is 13.9 Å². The number of aliphatic carboxylic acids is 1. The van der Waals surface area contributed by atoms with Crippen LogP contribution in [0.4, 0.5) is 5.82 Å². The summed E-state index contributed by atoms with van der Waals surface area (Å²) in [7, 11) is -4.13. The van der Waals surface area contributed by atoms with Crippen LogP contribution in [-0.4, -0.2) is 60.6 Å². The molecule has 1 saturated heterocycles. The lowest BCUT2D eigenvalue weighted by Crippen LogP contribution is -2.35. The SMILES string of the molecule is C[C@H](NP(=O)(OC[C@@H]1O[C@H](n2cnc3c(N)ncnc32)C[C@H]1O)Oc1ccccc1)C(=O)O. The van der Waals surface area contributed by atoms with E-state index in [9.17, 15) is 19.6 Å². The van der Waals surface area contributed by atoms with Crippen LogP contribution in [0.25, 0.3) is 11.2 Å². The van der Waals surface area contributed by atoms with E-state index in [1.54, 1.807) is 34.9 Å². The van der Waals surface area contributed by atoms with Crippen molar-refractivity contribution in [3.63, 3.8) is 0 Å². The number of imidazole rings is 1. The van der Waals surface area contributed by atoms with E-state index in [-0.39, 0.29) is 24.6 Å². The predicted octanol–water partition coefficient (Wildman–Crippen LogP) is 1.32. The van der Waals surface area contributed by atoms with Crippen molar-refractivity contribution in [1.82, 2.24) is 24.6 Å². The van der Waals surface area contributed by atoms with Gasteiger partial charge >= 0.3 is 13.7 Å². The van der Waals surface area contributed by atoms with E-state index in [1.807, 2.05) is 0 Å². The normalized spacial score (nSPS) is 23.3. The summed E-state index contributed by atoms with van der Waals surface area (Å²) in [4.78, 5) is 23.5.